The Labute approximate surface area is 95.3 Å². The van der Waals surface area contributed by atoms with Gasteiger partial charge in [0.25, 0.3) is 0 Å². The molecule has 1 heterocycles. The molecule has 0 amide bonds. The van der Waals surface area contributed by atoms with Gasteiger partial charge in [0, 0.05) is 6.42 Å². The van der Waals surface area contributed by atoms with Crippen LogP contribution in [0.4, 0.5) is 0 Å². The van der Waals surface area contributed by atoms with Crippen molar-refractivity contribution < 1.29 is 15.0 Å². The summed E-state index contributed by atoms with van der Waals surface area (Å²) >= 11 is 1.50. The van der Waals surface area contributed by atoms with E-state index in [0.29, 0.717) is 25.7 Å². The minimum atomic E-state index is -0.810. The molecule has 1 fully saturated rings. The van der Waals surface area contributed by atoms with E-state index in [1.165, 1.54) is 11.8 Å². The second kappa shape index (κ2) is 4.74. The maximum Gasteiger partial charge on any atom is 0.319 e. The average molecular weight is 232 g/mol. The molecular formula is C11H20O3S. The van der Waals surface area contributed by atoms with Crippen LogP contribution in [0.25, 0.3) is 0 Å². The van der Waals surface area contributed by atoms with Crippen molar-refractivity contribution in [3.05, 3.63) is 0 Å². The maximum atomic E-state index is 11.3. The molecule has 0 aliphatic carbocycles. The Bertz CT molecular complexity index is 230. The molecule has 2 N–H and O–H groups in total. The summed E-state index contributed by atoms with van der Waals surface area (Å²) < 4.78 is -0.735. The highest BCUT2D eigenvalue weighted by molar-refractivity contribution is 8.01. The normalized spacial score (nSPS) is 26.9. The molecule has 0 aromatic rings. The maximum absolute atomic E-state index is 11.3. The van der Waals surface area contributed by atoms with Crippen LogP contribution in [0.3, 0.4) is 0 Å². The molecule has 0 radical (unpaired) electrons. The quantitative estimate of drug-likeness (QED) is 0.763. The van der Waals surface area contributed by atoms with Gasteiger partial charge in [-0.1, -0.05) is 13.8 Å². The summed E-state index contributed by atoms with van der Waals surface area (Å²) in [6, 6.07) is 0. The molecule has 1 rings (SSSR count). The summed E-state index contributed by atoms with van der Waals surface area (Å²) in [5, 5.41) is 19.5. The zero-order valence-electron chi connectivity index (χ0n) is 9.45. The number of thioether (sulfide) groups is 1. The molecule has 4 heteroatoms. The molecule has 1 saturated heterocycles. The molecule has 1 aliphatic heterocycles. The predicted octanol–water partition coefficient (Wildman–Crippen LogP) is 2.28. The Morgan fingerprint density at radius 3 is 2.40 bits per heavy atom. The van der Waals surface area contributed by atoms with Gasteiger partial charge >= 0.3 is 5.97 Å². The Kier molecular flexibility index (Phi) is 4.06. The third-order valence-electron chi connectivity index (χ3n) is 3.42. The van der Waals surface area contributed by atoms with Crippen LogP contribution < -0.4 is 0 Å². The molecule has 0 aromatic carbocycles. The van der Waals surface area contributed by atoms with E-state index in [-0.39, 0.29) is 0 Å². The highest BCUT2D eigenvalue weighted by atomic mass is 32.2. The van der Waals surface area contributed by atoms with E-state index in [0.717, 1.165) is 12.2 Å². The SMILES string of the molecule is CCC(O)(CC)CC1(C(=O)O)CCCS1. The van der Waals surface area contributed by atoms with Gasteiger partial charge in [0.1, 0.15) is 4.75 Å². The molecular weight excluding hydrogens is 212 g/mol. The van der Waals surface area contributed by atoms with Crippen LogP contribution in [-0.2, 0) is 4.79 Å². The second-order valence-electron chi connectivity index (χ2n) is 4.36. The molecule has 0 spiro atoms. The first-order valence-corrected chi connectivity index (χ1v) is 6.56. The van der Waals surface area contributed by atoms with Crippen LogP contribution in [0, 0.1) is 0 Å². The molecule has 1 atom stereocenters. The fourth-order valence-corrected chi connectivity index (χ4v) is 3.57. The lowest BCUT2D eigenvalue weighted by Gasteiger charge is -2.34. The Hall–Kier alpha value is -0.220. The van der Waals surface area contributed by atoms with Crippen molar-refractivity contribution in [1.82, 2.24) is 0 Å². The lowest BCUT2D eigenvalue weighted by atomic mass is 9.84. The molecule has 88 valence electrons. The van der Waals surface area contributed by atoms with E-state index < -0.39 is 16.3 Å². The zero-order valence-corrected chi connectivity index (χ0v) is 10.3. The van der Waals surface area contributed by atoms with Crippen molar-refractivity contribution in [2.45, 2.75) is 56.3 Å². The fourth-order valence-electron chi connectivity index (χ4n) is 2.11. The number of carboxylic acids is 1. The number of carbonyl (C=O) groups is 1. The number of rotatable bonds is 5. The summed E-state index contributed by atoms with van der Waals surface area (Å²) in [7, 11) is 0. The van der Waals surface area contributed by atoms with Crippen LogP contribution in [0.1, 0.15) is 46.0 Å². The van der Waals surface area contributed by atoms with Crippen molar-refractivity contribution in [1.29, 1.82) is 0 Å². The molecule has 1 aliphatic rings. The minimum Gasteiger partial charge on any atom is -0.480 e. The Morgan fingerprint density at radius 1 is 1.47 bits per heavy atom. The van der Waals surface area contributed by atoms with Gasteiger partial charge in [0.2, 0.25) is 0 Å². The highest BCUT2D eigenvalue weighted by Crippen LogP contribution is 2.45. The number of hydrogen-bond acceptors (Lipinski definition) is 3. The van der Waals surface area contributed by atoms with E-state index in [1.54, 1.807) is 0 Å². The molecule has 0 aromatic heterocycles. The lowest BCUT2D eigenvalue weighted by Crippen LogP contribution is -2.42. The van der Waals surface area contributed by atoms with Gasteiger partial charge < -0.3 is 10.2 Å². The zero-order chi connectivity index (χ0) is 11.5. The van der Waals surface area contributed by atoms with E-state index in [9.17, 15) is 15.0 Å². The van der Waals surface area contributed by atoms with Crippen LogP contribution in [-0.4, -0.2) is 32.3 Å². The van der Waals surface area contributed by atoms with Crippen molar-refractivity contribution in [3.8, 4) is 0 Å². The van der Waals surface area contributed by atoms with Gasteiger partial charge in [-0.2, -0.15) is 0 Å². The Balaban J connectivity index is 2.79. The predicted molar refractivity (Wildman–Crippen MR) is 62.2 cm³/mol. The van der Waals surface area contributed by atoms with E-state index >= 15 is 0 Å². The van der Waals surface area contributed by atoms with Crippen molar-refractivity contribution >= 4 is 17.7 Å². The molecule has 0 saturated carbocycles. The smallest absolute Gasteiger partial charge is 0.319 e. The van der Waals surface area contributed by atoms with Gasteiger partial charge in [-0.05, 0) is 31.4 Å². The number of aliphatic carboxylic acids is 1. The summed E-state index contributed by atoms with van der Waals surface area (Å²) in [5.41, 5.74) is -0.810. The molecule has 0 bridgehead atoms. The topological polar surface area (TPSA) is 57.5 Å². The minimum absolute atomic E-state index is 0.382. The van der Waals surface area contributed by atoms with Crippen molar-refractivity contribution in [3.63, 3.8) is 0 Å². The van der Waals surface area contributed by atoms with Crippen LogP contribution in [0.2, 0.25) is 0 Å². The van der Waals surface area contributed by atoms with Gasteiger partial charge in [0.15, 0.2) is 0 Å². The number of hydrogen-bond donors (Lipinski definition) is 2. The van der Waals surface area contributed by atoms with E-state index in [4.69, 9.17) is 0 Å². The third kappa shape index (κ3) is 2.67. The van der Waals surface area contributed by atoms with E-state index in [2.05, 4.69) is 0 Å². The molecule has 1 unspecified atom stereocenters. The van der Waals surface area contributed by atoms with Crippen LogP contribution >= 0.6 is 11.8 Å². The van der Waals surface area contributed by atoms with Gasteiger partial charge in [0.05, 0.1) is 5.60 Å². The monoisotopic (exact) mass is 232 g/mol. The van der Waals surface area contributed by atoms with E-state index in [1.807, 2.05) is 13.8 Å². The van der Waals surface area contributed by atoms with Crippen LogP contribution in [0.5, 0.6) is 0 Å². The lowest BCUT2D eigenvalue weighted by molar-refractivity contribution is -0.142. The first kappa shape index (κ1) is 12.8. The standard InChI is InChI=1S/C11H20O3S/c1-3-10(14,4-2)8-11(9(12)13)6-5-7-15-11/h14H,3-8H2,1-2H3,(H,12,13). The van der Waals surface area contributed by atoms with Crippen molar-refractivity contribution in [2.24, 2.45) is 0 Å². The first-order chi connectivity index (χ1) is 6.98. The third-order valence-corrected chi connectivity index (χ3v) is 4.99. The van der Waals surface area contributed by atoms with Gasteiger partial charge in [-0.25, -0.2) is 0 Å². The average Bonchev–Trinajstić information content (AvgIpc) is 2.67. The summed E-state index contributed by atoms with van der Waals surface area (Å²) in [6.45, 7) is 3.83. The molecule has 3 nitrogen and oxygen atoms in total. The fraction of sp³-hybridized carbons (Fsp3) is 0.909. The van der Waals surface area contributed by atoms with Gasteiger partial charge in [-0.3, -0.25) is 4.79 Å². The largest absolute Gasteiger partial charge is 0.480 e. The van der Waals surface area contributed by atoms with Crippen molar-refractivity contribution in [2.75, 3.05) is 5.75 Å². The van der Waals surface area contributed by atoms with Gasteiger partial charge in [-0.15, -0.1) is 11.8 Å². The number of carboxylic acid groups (broad SMARTS) is 1. The summed E-state index contributed by atoms with van der Waals surface area (Å²) in [5.74, 6) is 0.140. The van der Waals surface area contributed by atoms with Crippen LogP contribution in [0.15, 0.2) is 0 Å². The summed E-state index contributed by atoms with van der Waals surface area (Å²) in [4.78, 5) is 11.3. The second-order valence-corrected chi connectivity index (χ2v) is 5.84. The number of aliphatic hydroxyl groups is 1. The molecule has 15 heavy (non-hydrogen) atoms. The summed E-state index contributed by atoms with van der Waals surface area (Å²) in [6.07, 6.45) is 3.26. The first-order valence-electron chi connectivity index (χ1n) is 5.58. The Morgan fingerprint density at radius 2 is 2.07 bits per heavy atom. The highest BCUT2D eigenvalue weighted by Gasteiger charge is 2.47.